The molecular weight excluding hydrogens is 484 g/mol. The number of aryl methyl sites for hydroxylation is 1. The molecule has 2 unspecified atom stereocenters. The molecule has 0 aliphatic rings. The molecule has 0 bridgehead atoms. The van der Waals surface area contributed by atoms with Gasteiger partial charge in [0, 0.05) is 42.7 Å². The molecule has 4 aromatic rings. The van der Waals surface area contributed by atoms with Crippen LogP contribution in [0.1, 0.15) is 34.0 Å². The van der Waals surface area contributed by atoms with Gasteiger partial charge in [-0.3, -0.25) is 9.78 Å². The van der Waals surface area contributed by atoms with Crippen molar-refractivity contribution in [3.8, 4) is 11.1 Å². The van der Waals surface area contributed by atoms with E-state index in [1.54, 1.807) is 30.6 Å². The lowest BCUT2D eigenvalue weighted by molar-refractivity contribution is 0.0830. The SMILES string of the molecule is CCc1cccc(CNCC(O)C(Cc2cc(F)cc(F)c2)NC(=O)c2ccccc2-c2cccnc2)c1. The summed E-state index contributed by atoms with van der Waals surface area (Å²) in [6, 6.07) is 21.3. The maximum atomic E-state index is 13.9. The van der Waals surface area contributed by atoms with Crippen molar-refractivity contribution in [1.29, 1.82) is 0 Å². The first kappa shape index (κ1) is 27.1. The average Bonchev–Trinajstić information content (AvgIpc) is 2.92. The van der Waals surface area contributed by atoms with E-state index < -0.39 is 29.7 Å². The first-order valence-electron chi connectivity index (χ1n) is 12.6. The normalized spacial score (nSPS) is 12.6. The summed E-state index contributed by atoms with van der Waals surface area (Å²) in [5.74, 6) is -1.83. The monoisotopic (exact) mass is 515 g/mol. The van der Waals surface area contributed by atoms with Crippen LogP contribution in [0.3, 0.4) is 0 Å². The molecular formula is C31H31F2N3O2. The predicted octanol–water partition coefficient (Wildman–Crippen LogP) is 5.08. The molecule has 0 radical (unpaired) electrons. The van der Waals surface area contributed by atoms with Crippen LogP contribution in [0.5, 0.6) is 0 Å². The van der Waals surface area contributed by atoms with Gasteiger partial charge in [-0.2, -0.15) is 0 Å². The van der Waals surface area contributed by atoms with Gasteiger partial charge in [0.1, 0.15) is 11.6 Å². The number of carbonyl (C=O) groups is 1. The molecule has 1 aromatic heterocycles. The Morgan fingerprint density at radius 1 is 0.921 bits per heavy atom. The van der Waals surface area contributed by atoms with Crippen molar-refractivity contribution in [3.63, 3.8) is 0 Å². The Labute approximate surface area is 221 Å². The zero-order chi connectivity index (χ0) is 26.9. The zero-order valence-corrected chi connectivity index (χ0v) is 21.2. The van der Waals surface area contributed by atoms with Crippen molar-refractivity contribution in [3.05, 3.63) is 125 Å². The first-order valence-corrected chi connectivity index (χ1v) is 12.6. The number of amides is 1. The lowest BCUT2D eigenvalue weighted by Gasteiger charge is -2.25. The van der Waals surface area contributed by atoms with Crippen molar-refractivity contribution in [2.75, 3.05) is 6.54 Å². The Balaban J connectivity index is 1.52. The molecule has 0 saturated heterocycles. The Morgan fingerprint density at radius 2 is 1.68 bits per heavy atom. The number of halogens is 2. The third-order valence-electron chi connectivity index (χ3n) is 6.39. The van der Waals surface area contributed by atoms with Crippen LogP contribution in [0.4, 0.5) is 8.78 Å². The minimum atomic E-state index is -1.02. The molecule has 7 heteroatoms. The van der Waals surface area contributed by atoms with E-state index >= 15 is 0 Å². The third kappa shape index (κ3) is 7.31. The number of aromatic nitrogens is 1. The highest BCUT2D eigenvalue weighted by atomic mass is 19.1. The lowest BCUT2D eigenvalue weighted by Crippen LogP contribution is -2.48. The second-order valence-corrected chi connectivity index (χ2v) is 9.22. The summed E-state index contributed by atoms with van der Waals surface area (Å²) in [6.45, 7) is 2.79. The van der Waals surface area contributed by atoms with Gasteiger partial charge in [0.15, 0.2) is 0 Å². The molecule has 0 aliphatic carbocycles. The van der Waals surface area contributed by atoms with Crippen molar-refractivity contribution in [2.24, 2.45) is 0 Å². The standard InChI is InChI=1S/C31H31F2N3O2/c1-2-21-7-5-8-22(13-21)18-35-20-30(37)29(16-23-14-25(32)17-26(33)15-23)36-31(38)28-11-4-3-10-27(28)24-9-6-12-34-19-24/h3-15,17,19,29-30,35,37H,2,16,18,20H2,1H3,(H,36,38). The van der Waals surface area contributed by atoms with Gasteiger partial charge in [0.05, 0.1) is 12.1 Å². The van der Waals surface area contributed by atoms with Gasteiger partial charge < -0.3 is 15.7 Å². The minimum absolute atomic E-state index is 0.0453. The van der Waals surface area contributed by atoms with Crippen LogP contribution in [0, 0.1) is 11.6 Å². The van der Waals surface area contributed by atoms with E-state index in [1.165, 1.54) is 17.7 Å². The highest BCUT2D eigenvalue weighted by molar-refractivity contribution is 6.01. The molecule has 0 fully saturated rings. The molecule has 4 rings (SSSR count). The van der Waals surface area contributed by atoms with Gasteiger partial charge in [0.25, 0.3) is 5.91 Å². The van der Waals surface area contributed by atoms with E-state index in [9.17, 15) is 18.7 Å². The number of pyridine rings is 1. The van der Waals surface area contributed by atoms with Crippen LogP contribution < -0.4 is 10.6 Å². The summed E-state index contributed by atoms with van der Waals surface area (Å²) in [5, 5.41) is 17.2. The summed E-state index contributed by atoms with van der Waals surface area (Å²) < 4.78 is 27.8. The molecule has 3 aromatic carbocycles. The van der Waals surface area contributed by atoms with E-state index in [0.29, 0.717) is 23.2 Å². The number of aliphatic hydroxyl groups is 1. The van der Waals surface area contributed by atoms with Crippen LogP contribution in [-0.2, 0) is 19.4 Å². The maximum absolute atomic E-state index is 13.9. The Kier molecular flexibility index (Phi) is 9.30. The number of benzene rings is 3. The van der Waals surface area contributed by atoms with Gasteiger partial charge in [0.2, 0.25) is 0 Å². The van der Waals surface area contributed by atoms with Gasteiger partial charge in [-0.05, 0) is 59.4 Å². The highest BCUT2D eigenvalue weighted by Gasteiger charge is 2.24. The van der Waals surface area contributed by atoms with Gasteiger partial charge in [-0.15, -0.1) is 0 Å². The van der Waals surface area contributed by atoms with Gasteiger partial charge in [-0.25, -0.2) is 8.78 Å². The lowest BCUT2D eigenvalue weighted by atomic mass is 9.97. The van der Waals surface area contributed by atoms with Gasteiger partial charge >= 0.3 is 0 Å². The predicted molar refractivity (Wildman–Crippen MR) is 145 cm³/mol. The topological polar surface area (TPSA) is 74.2 Å². The van der Waals surface area contributed by atoms with Crippen molar-refractivity contribution < 1.29 is 18.7 Å². The van der Waals surface area contributed by atoms with E-state index in [2.05, 4.69) is 34.7 Å². The van der Waals surface area contributed by atoms with Gasteiger partial charge in [-0.1, -0.05) is 55.5 Å². The third-order valence-corrected chi connectivity index (χ3v) is 6.39. The number of carbonyl (C=O) groups excluding carboxylic acids is 1. The summed E-state index contributed by atoms with van der Waals surface area (Å²) in [7, 11) is 0. The highest BCUT2D eigenvalue weighted by Crippen LogP contribution is 2.23. The van der Waals surface area contributed by atoms with Crippen LogP contribution >= 0.6 is 0 Å². The van der Waals surface area contributed by atoms with Crippen LogP contribution in [0.25, 0.3) is 11.1 Å². The van der Waals surface area contributed by atoms with E-state index in [0.717, 1.165) is 23.6 Å². The van der Waals surface area contributed by atoms with E-state index in [1.807, 2.05) is 30.3 Å². The summed E-state index contributed by atoms with van der Waals surface area (Å²) in [6.07, 6.45) is 3.28. The van der Waals surface area contributed by atoms with Crippen molar-refractivity contribution in [1.82, 2.24) is 15.6 Å². The summed E-state index contributed by atoms with van der Waals surface area (Å²) in [5.41, 5.74) is 4.51. The van der Waals surface area contributed by atoms with Crippen molar-refractivity contribution >= 4 is 5.91 Å². The van der Waals surface area contributed by atoms with Crippen LogP contribution in [-0.4, -0.2) is 34.7 Å². The number of hydrogen-bond donors (Lipinski definition) is 3. The second kappa shape index (κ2) is 13.0. The number of rotatable bonds is 11. The Hall–Kier alpha value is -3.94. The molecule has 0 saturated carbocycles. The quantitative estimate of drug-likeness (QED) is 0.260. The Morgan fingerprint density at radius 3 is 2.42 bits per heavy atom. The fourth-order valence-corrected chi connectivity index (χ4v) is 4.43. The van der Waals surface area contributed by atoms with Crippen molar-refractivity contribution in [2.45, 2.75) is 38.5 Å². The molecule has 38 heavy (non-hydrogen) atoms. The zero-order valence-electron chi connectivity index (χ0n) is 21.2. The summed E-state index contributed by atoms with van der Waals surface area (Å²) >= 11 is 0. The number of aliphatic hydroxyl groups excluding tert-OH is 1. The maximum Gasteiger partial charge on any atom is 0.252 e. The minimum Gasteiger partial charge on any atom is -0.390 e. The molecule has 3 N–H and O–H groups in total. The fraction of sp³-hybridized carbons (Fsp3) is 0.226. The van der Waals surface area contributed by atoms with Crippen LogP contribution in [0.2, 0.25) is 0 Å². The molecule has 0 aliphatic heterocycles. The molecule has 0 spiro atoms. The smallest absolute Gasteiger partial charge is 0.252 e. The molecule has 2 atom stereocenters. The summed E-state index contributed by atoms with van der Waals surface area (Å²) in [4.78, 5) is 17.6. The Bertz CT molecular complexity index is 1340. The largest absolute Gasteiger partial charge is 0.390 e. The fourth-order valence-electron chi connectivity index (χ4n) is 4.43. The van der Waals surface area contributed by atoms with E-state index in [4.69, 9.17) is 0 Å². The van der Waals surface area contributed by atoms with Crippen LogP contribution in [0.15, 0.2) is 91.3 Å². The second-order valence-electron chi connectivity index (χ2n) is 9.22. The molecule has 5 nitrogen and oxygen atoms in total. The number of hydrogen-bond acceptors (Lipinski definition) is 4. The molecule has 1 amide bonds. The van der Waals surface area contributed by atoms with E-state index in [-0.39, 0.29) is 13.0 Å². The first-order chi connectivity index (χ1) is 18.4. The number of nitrogens with one attached hydrogen (secondary N) is 2. The average molecular weight is 516 g/mol. The number of nitrogens with zero attached hydrogens (tertiary/aromatic N) is 1. The molecule has 1 heterocycles. The molecule has 196 valence electrons.